The second-order valence-electron chi connectivity index (χ2n) is 3.61. The van der Waals surface area contributed by atoms with Crippen LogP contribution in [0.5, 0.6) is 11.5 Å². The molecule has 0 spiro atoms. The van der Waals surface area contributed by atoms with Gasteiger partial charge in [0.1, 0.15) is 18.2 Å². The first kappa shape index (κ1) is 12.6. The van der Waals surface area contributed by atoms with Crippen molar-refractivity contribution in [3.63, 3.8) is 0 Å². The van der Waals surface area contributed by atoms with Crippen molar-refractivity contribution < 1.29 is 14.2 Å². The van der Waals surface area contributed by atoms with Gasteiger partial charge in [0.15, 0.2) is 0 Å². The topological polar surface area (TPSA) is 30.9 Å². The predicted molar refractivity (Wildman–Crippen MR) is 64.6 cm³/mol. The van der Waals surface area contributed by atoms with Crippen LogP contribution in [0, 0.1) is 6.92 Å². The van der Waals surface area contributed by atoms with E-state index >= 15 is 0 Å². The van der Waals surface area contributed by atoms with Crippen molar-refractivity contribution >= 4 is 5.69 Å². The first-order valence-corrected chi connectivity index (χ1v) is 5.06. The Kier molecular flexibility index (Phi) is 4.43. The molecule has 1 rings (SSSR count). The van der Waals surface area contributed by atoms with Gasteiger partial charge < -0.3 is 19.1 Å². The van der Waals surface area contributed by atoms with Crippen molar-refractivity contribution in [1.82, 2.24) is 0 Å². The van der Waals surface area contributed by atoms with E-state index < -0.39 is 0 Å². The van der Waals surface area contributed by atoms with Crippen molar-refractivity contribution in [1.29, 1.82) is 0 Å². The van der Waals surface area contributed by atoms with Crippen LogP contribution in [-0.4, -0.2) is 35.1 Å². The lowest BCUT2D eigenvalue weighted by atomic mass is 10.1. The van der Waals surface area contributed by atoms with Gasteiger partial charge in [0, 0.05) is 20.2 Å². The highest BCUT2D eigenvalue weighted by Gasteiger charge is 2.11. The zero-order chi connectivity index (χ0) is 12.1. The molecule has 0 radical (unpaired) electrons. The highest BCUT2D eigenvalue weighted by atomic mass is 16.5. The quantitative estimate of drug-likeness (QED) is 0.718. The van der Waals surface area contributed by atoms with Gasteiger partial charge in [0.05, 0.1) is 19.9 Å². The van der Waals surface area contributed by atoms with Crippen molar-refractivity contribution in [2.45, 2.75) is 6.92 Å². The minimum atomic E-state index is 0.503. The van der Waals surface area contributed by atoms with Crippen molar-refractivity contribution in [3.8, 4) is 11.5 Å². The van der Waals surface area contributed by atoms with Crippen LogP contribution in [0.15, 0.2) is 12.1 Å². The van der Waals surface area contributed by atoms with E-state index in [2.05, 4.69) is 0 Å². The summed E-state index contributed by atoms with van der Waals surface area (Å²) < 4.78 is 15.7. The van der Waals surface area contributed by atoms with E-state index in [1.165, 1.54) is 0 Å². The summed E-state index contributed by atoms with van der Waals surface area (Å²) in [6.45, 7) is 2.49. The molecule has 16 heavy (non-hydrogen) atoms. The maximum atomic E-state index is 5.34. The number of ether oxygens (including phenoxy) is 3. The molecular weight excluding hydrogens is 206 g/mol. The third-order valence-corrected chi connectivity index (χ3v) is 2.43. The van der Waals surface area contributed by atoms with E-state index in [-0.39, 0.29) is 0 Å². The summed E-state index contributed by atoms with van der Waals surface area (Å²) in [6.07, 6.45) is 0. The fraction of sp³-hybridized carbons (Fsp3) is 0.500. The highest BCUT2D eigenvalue weighted by molar-refractivity contribution is 5.63. The van der Waals surface area contributed by atoms with E-state index in [9.17, 15) is 0 Å². The smallest absolute Gasteiger partial charge is 0.142 e. The maximum absolute atomic E-state index is 5.34. The van der Waals surface area contributed by atoms with Crippen LogP contribution >= 0.6 is 0 Å². The predicted octanol–water partition coefficient (Wildman–Crippen LogP) is 2.05. The minimum Gasteiger partial charge on any atom is -0.496 e. The number of anilines is 1. The molecule has 0 aliphatic carbocycles. The van der Waals surface area contributed by atoms with Crippen LogP contribution in [0.2, 0.25) is 0 Å². The minimum absolute atomic E-state index is 0.503. The van der Waals surface area contributed by atoms with Crippen LogP contribution in [0.4, 0.5) is 5.69 Å². The summed E-state index contributed by atoms with van der Waals surface area (Å²) in [5, 5.41) is 0. The Balaban J connectivity index is 3.13. The largest absolute Gasteiger partial charge is 0.496 e. The summed E-state index contributed by atoms with van der Waals surface area (Å²) in [4.78, 5) is 1.96. The highest BCUT2D eigenvalue weighted by Crippen LogP contribution is 2.34. The Morgan fingerprint density at radius 1 is 1.06 bits per heavy atom. The average Bonchev–Trinajstić information content (AvgIpc) is 2.28. The standard InChI is InChI=1S/C12H19NO3/c1-9-6-12(16-5)10(7-11(9)15-4)13(2)8-14-3/h6-7H,8H2,1-5H3. The second kappa shape index (κ2) is 5.61. The molecule has 0 aliphatic rings. The maximum Gasteiger partial charge on any atom is 0.142 e. The van der Waals surface area contributed by atoms with E-state index in [0.29, 0.717) is 6.73 Å². The SMILES string of the molecule is COCN(C)c1cc(OC)c(C)cc1OC. The molecule has 0 saturated carbocycles. The van der Waals surface area contributed by atoms with Crippen LogP contribution in [0.25, 0.3) is 0 Å². The Morgan fingerprint density at radius 2 is 1.69 bits per heavy atom. The normalized spacial score (nSPS) is 10.1. The number of benzene rings is 1. The van der Waals surface area contributed by atoms with Gasteiger partial charge in [-0.25, -0.2) is 0 Å². The molecule has 0 N–H and O–H groups in total. The lowest BCUT2D eigenvalue weighted by molar-refractivity contribution is 0.201. The van der Waals surface area contributed by atoms with E-state index in [1.807, 2.05) is 31.0 Å². The third-order valence-electron chi connectivity index (χ3n) is 2.43. The molecule has 90 valence electrons. The van der Waals surface area contributed by atoms with Gasteiger partial charge in [-0.2, -0.15) is 0 Å². The molecule has 0 unspecified atom stereocenters. The van der Waals surface area contributed by atoms with Crippen molar-refractivity contribution in [2.24, 2.45) is 0 Å². The van der Waals surface area contributed by atoms with Crippen LogP contribution in [0.3, 0.4) is 0 Å². The number of hydrogen-bond acceptors (Lipinski definition) is 4. The molecule has 0 aromatic heterocycles. The number of rotatable bonds is 5. The zero-order valence-corrected chi connectivity index (χ0v) is 10.5. The Labute approximate surface area is 96.7 Å². The van der Waals surface area contributed by atoms with E-state index in [0.717, 1.165) is 22.7 Å². The van der Waals surface area contributed by atoms with Crippen LogP contribution in [0.1, 0.15) is 5.56 Å². The monoisotopic (exact) mass is 225 g/mol. The molecule has 0 atom stereocenters. The van der Waals surface area contributed by atoms with Crippen LogP contribution < -0.4 is 14.4 Å². The molecule has 1 aromatic rings. The average molecular weight is 225 g/mol. The van der Waals surface area contributed by atoms with Gasteiger partial charge in [-0.15, -0.1) is 0 Å². The number of nitrogens with zero attached hydrogens (tertiary/aromatic N) is 1. The molecule has 1 aromatic carbocycles. The van der Waals surface area contributed by atoms with E-state index in [4.69, 9.17) is 14.2 Å². The fourth-order valence-corrected chi connectivity index (χ4v) is 1.60. The van der Waals surface area contributed by atoms with Crippen LogP contribution in [-0.2, 0) is 4.74 Å². The summed E-state index contributed by atoms with van der Waals surface area (Å²) in [5.41, 5.74) is 2.00. The lowest BCUT2D eigenvalue weighted by Crippen LogP contribution is -2.20. The first-order valence-electron chi connectivity index (χ1n) is 5.06. The lowest BCUT2D eigenvalue weighted by Gasteiger charge is -2.22. The molecule has 4 heteroatoms. The van der Waals surface area contributed by atoms with Gasteiger partial charge in [-0.05, 0) is 18.6 Å². The van der Waals surface area contributed by atoms with Crippen molar-refractivity contribution in [3.05, 3.63) is 17.7 Å². The van der Waals surface area contributed by atoms with Gasteiger partial charge in [0.25, 0.3) is 0 Å². The fourth-order valence-electron chi connectivity index (χ4n) is 1.60. The molecule has 0 bridgehead atoms. The van der Waals surface area contributed by atoms with Crippen molar-refractivity contribution in [2.75, 3.05) is 40.0 Å². The first-order chi connectivity index (χ1) is 7.63. The van der Waals surface area contributed by atoms with E-state index in [1.54, 1.807) is 21.3 Å². The van der Waals surface area contributed by atoms with Gasteiger partial charge >= 0.3 is 0 Å². The Hall–Kier alpha value is -1.42. The molecular formula is C12H19NO3. The molecule has 4 nitrogen and oxygen atoms in total. The zero-order valence-electron chi connectivity index (χ0n) is 10.5. The molecule has 0 fully saturated rings. The number of hydrogen-bond donors (Lipinski definition) is 0. The number of aryl methyl sites for hydroxylation is 1. The number of methoxy groups -OCH3 is 3. The van der Waals surface area contributed by atoms with Gasteiger partial charge in [0.2, 0.25) is 0 Å². The summed E-state index contributed by atoms with van der Waals surface area (Å²) >= 11 is 0. The van der Waals surface area contributed by atoms with Gasteiger partial charge in [-0.1, -0.05) is 0 Å². The summed E-state index contributed by atoms with van der Waals surface area (Å²) in [6, 6.07) is 3.91. The second-order valence-corrected chi connectivity index (χ2v) is 3.61. The Morgan fingerprint density at radius 3 is 2.19 bits per heavy atom. The Bertz CT molecular complexity index is 352. The molecule has 0 aliphatic heterocycles. The molecule has 0 heterocycles. The summed E-state index contributed by atoms with van der Waals surface area (Å²) in [7, 11) is 6.92. The van der Waals surface area contributed by atoms with Gasteiger partial charge in [-0.3, -0.25) is 0 Å². The summed E-state index contributed by atoms with van der Waals surface area (Å²) in [5.74, 6) is 1.66. The molecule has 0 saturated heterocycles. The third kappa shape index (κ3) is 2.58. The molecule has 0 amide bonds.